The molecule has 0 fully saturated rings. The lowest BCUT2D eigenvalue weighted by atomic mass is 9.99. The molecule has 2 aromatic rings. The molecule has 0 aliphatic carbocycles. The first-order valence-corrected chi connectivity index (χ1v) is 7.10. The van der Waals surface area contributed by atoms with Crippen LogP contribution in [0, 0.1) is 0 Å². The monoisotopic (exact) mass is 358 g/mol. The highest BCUT2D eigenvalue weighted by atomic mass is 79.9. The Labute approximate surface area is 129 Å². The van der Waals surface area contributed by atoms with Crippen LogP contribution < -0.4 is 11.1 Å². The van der Waals surface area contributed by atoms with Crippen LogP contribution >= 0.6 is 15.9 Å². The maximum Gasteiger partial charge on any atom is 0.416 e. The molecule has 0 aliphatic heterocycles. The van der Waals surface area contributed by atoms with Crippen LogP contribution in [0.25, 0.3) is 0 Å². The maximum absolute atomic E-state index is 13.1. The molecule has 6 heteroatoms. The fourth-order valence-electron chi connectivity index (χ4n) is 2.09. The van der Waals surface area contributed by atoms with Crippen molar-refractivity contribution in [2.75, 3.05) is 11.9 Å². The Morgan fingerprint density at radius 3 is 2.29 bits per heavy atom. The summed E-state index contributed by atoms with van der Waals surface area (Å²) in [5, 5.41) is 3.05. The lowest BCUT2D eigenvalue weighted by molar-refractivity contribution is -0.138. The second-order valence-corrected chi connectivity index (χ2v) is 5.35. The number of hydrogen-bond donors (Lipinski definition) is 2. The molecular weight excluding hydrogens is 345 g/mol. The number of benzene rings is 2. The predicted molar refractivity (Wildman–Crippen MR) is 81.0 cm³/mol. The third-order valence-electron chi connectivity index (χ3n) is 3.08. The Balaban J connectivity index is 2.37. The van der Waals surface area contributed by atoms with Crippen molar-refractivity contribution in [3.05, 3.63) is 64.1 Å². The normalized spacial score (nSPS) is 13.0. The Morgan fingerprint density at radius 1 is 1.05 bits per heavy atom. The summed E-state index contributed by atoms with van der Waals surface area (Å²) >= 11 is 3.36. The molecule has 2 nitrogen and oxygen atoms in total. The molecule has 0 amide bonds. The quantitative estimate of drug-likeness (QED) is 0.839. The summed E-state index contributed by atoms with van der Waals surface area (Å²) in [6.45, 7) is 0.0500. The highest BCUT2D eigenvalue weighted by molar-refractivity contribution is 9.10. The fourth-order valence-corrected chi connectivity index (χ4v) is 2.49. The van der Waals surface area contributed by atoms with Crippen molar-refractivity contribution < 1.29 is 13.2 Å². The van der Waals surface area contributed by atoms with E-state index in [0.717, 1.165) is 10.5 Å². The zero-order valence-corrected chi connectivity index (χ0v) is 12.6. The first-order valence-electron chi connectivity index (χ1n) is 6.30. The molecule has 0 radical (unpaired) electrons. The molecule has 0 saturated heterocycles. The van der Waals surface area contributed by atoms with E-state index in [0.29, 0.717) is 5.69 Å². The largest absolute Gasteiger partial charge is 0.416 e. The van der Waals surface area contributed by atoms with Gasteiger partial charge in [-0.1, -0.05) is 30.3 Å². The van der Waals surface area contributed by atoms with Crippen molar-refractivity contribution in [1.82, 2.24) is 0 Å². The van der Waals surface area contributed by atoms with Gasteiger partial charge in [-0.05, 0) is 39.7 Å². The van der Waals surface area contributed by atoms with Gasteiger partial charge in [-0.25, -0.2) is 0 Å². The molecule has 1 unspecified atom stereocenters. The van der Waals surface area contributed by atoms with Crippen LogP contribution in [0.4, 0.5) is 18.9 Å². The molecule has 0 bridgehead atoms. The first kappa shape index (κ1) is 15.9. The lowest BCUT2D eigenvalue weighted by Crippen LogP contribution is -2.24. The number of nitrogens with two attached hydrogens (primary N) is 1. The average Bonchev–Trinajstić information content (AvgIpc) is 2.45. The Morgan fingerprint density at radius 2 is 1.67 bits per heavy atom. The SMILES string of the molecule is NCC(Nc1ccccc1Br)c1ccccc1C(F)(F)F. The van der Waals surface area contributed by atoms with Gasteiger partial charge in [0.2, 0.25) is 0 Å². The molecule has 1 atom stereocenters. The standard InChI is InChI=1S/C15H14BrF3N2/c16-12-7-3-4-8-13(12)21-14(9-20)10-5-1-2-6-11(10)15(17,18)19/h1-8,14,21H,9,20H2. The second-order valence-electron chi connectivity index (χ2n) is 4.50. The van der Waals surface area contributed by atoms with Gasteiger partial charge in [0, 0.05) is 16.7 Å². The molecule has 21 heavy (non-hydrogen) atoms. The summed E-state index contributed by atoms with van der Waals surface area (Å²) in [6, 6.07) is 12.1. The Hall–Kier alpha value is -1.53. The minimum absolute atomic E-state index is 0.0500. The van der Waals surface area contributed by atoms with Crippen molar-refractivity contribution in [2.24, 2.45) is 5.73 Å². The molecule has 0 heterocycles. The van der Waals surface area contributed by atoms with E-state index >= 15 is 0 Å². The van der Waals surface area contributed by atoms with Crippen molar-refractivity contribution in [1.29, 1.82) is 0 Å². The van der Waals surface area contributed by atoms with E-state index in [9.17, 15) is 13.2 Å². The predicted octanol–water partition coefficient (Wildman–Crippen LogP) is 4.58. The van der Waals surface area contributed by atoms with Crippen LogP contribution in [0.3, 0.4) is 0 Å². The summed E-state index contributed by atoms with van der Waals surface area (Å²) in [7, 11) is 0. The molecule has 2 rings (SSSR count). The number of halogens is 4. The van der Waals surface area contributed by atoms with Crippen molar-refractivity contribution in [3.63, 3.8) is 0 Å². The minimum atomic E-state index is -4.40. The Bertz CT molecular complexity index is 614. The van der Waals surface area contributed by atoms with Crippen molar-refractivity contribution >= 4 is 21.6 Å². The minimum Gasteiger partial charge on any atom is -0.376 e. The molecule has 112 valence electrons. The zero-order valence-electron chi connectivity index (χ0n) is 11.0. The molecule has 2 aromatic carbocycles. The van der Waals surface area contributed by atoms with Crippen molar-refractivity contribution in [3.8, 4) is 0 Å². The average molecular weight is 359 g/mol. The highest BCUT2D eigenvalue weighted by Crippen LogP contribution is 2.36. The van der Waals surface area contributed by atoms with Crippen LogP contribution in [0.15, 0.2) is 53.0 Å². The van der Waals surface area contributed by atoms with Crippen LogP contribution in [-0.2, 0) is 6.18 Å². The molecule has 0 saturated carbocycles. The summed E-state index contributed by atoms with van der Waals surface area (Å²) in [5.41, 5.74) is 5.84. The van der Waals surface area contributed by atoms with Crippen molar-refractivity contribution in [2.45, 2.75) is 12.2 Å². The van der Waals surface area contributed by atoms with Crippen LogP contribution in [0.1, 0.15) is 17.2 Å². The number of hydrogen-bond acceptors (Lipinski definition) is 2. The van der Waals surface area contributed by atoms with Gasteiger partial charge in [-0.15, -0.1) is 0 Å². The van der Waals surface area contributed by atoms with Gasteiger partial charge in [0.15, 0.2) is 0 Å². The van der Waals surface area contributed by atoms with Gasteiger partial charge in [-0.2, -0.15) is 13.2 Å². The number of para-hydroxylation sites is 1. The van der Waals surface area contributed by atoms with E-state index in [4.69, 9.17) is 5.73 Å². The molecular formula is C15H14BrF3N2. The summed E-state index contributed by atoms with van der Waals surface area (Å²) in [5.74, 6) is 0. The van der Waals surface area contributed by atoms with Gasteiger partial charge in [-0.3, -0.25) is 0 Å². The summed E-state index contributed by atoms with van der Waals surface area (Å²) in [4.78, 5) is 0. The second kappa shape index (κ2) is 6.49. The summed E-state index contributed by atoms with van der Waals surface area (Å²) in [6.07, 6.45) is -4.40. The first-order chi connectivity index (χ1) is 9.93. The van der Waals surface area contributed by atoms with Gasteiger partial charge < -0.3 is 11.1 Å². The lowest BCUT2D eigenvalue weighted by Gasteiger charge is -2.23. The van der Waals surface area contributed by atoms with Crippen LogP contribution in [-0.4, -0.2) is 6.54 Å². The maximum atomic E-state index is 13.1. The van der Waals surface area contributed by atoms with E-state index in [2.05, 4.69) is 21.2 Å². The van der Waals surface area contributed by atoms with E-state index in [-0.39, 0.29) is 12.1 Å². The summed E-state index contributed by atoms with van der Waals surface area (Å²) < 4.78 is 40.0. The molecule has 3 N–H and O–H groups in total. The van der Waals surface area contributed by atoms with E-state index in [1.807, 2.05) is 12.1 Å². The van der Waals surface area contributed by atoms with Gasteiger partial charge in [0.1, 0.15) is 0 Å². The number of anilines is 1. The third kappa shape index (κ3) is 3.77. The van der Waals surface area contributed by atoms with Gasteiger partial charge >= 0.3 is 6.18 Å². The van der Waals surface area contributed by atoms with Crippen LogP contribution in [0.2, 0.25) is 0 Å². The smallest absolute Gasteiger partial charge is 0.376 e. The van der Waals surface area contributed by atoms with E-state index in [1.165, 1.54) is 12.1 Å². The highest BCUT2D eigenvalue weighted by Gasteiger charge is 2.34. The molecule has 0 aromatic heterocycles. The third-order valence-corrected chi connectivity index (χ3v) is 3.77. The number of nitrogens with one attached hydrogen (secondary N) is 1. The van der Waals surface area contributed by atoms with E-state index in [1.54, 1.807) is 18.2 Å². The number of alkyl halides is 3. The van der Waals surface area contributed by atoms with Crippen LogP contribution in [0.5, 0.6) is 0 Å². The Kier molecular flexibility index (Phi) is 4.90. The molecule has 0 spiro atoms. The van der Waals surface area contributed by atoms with E-state index < -0.39 is 17.8 Å². The topological polar surface area (TPSA) is 38.0 Å². The zero-order chi connectivity index (χ0) is 15.5. The molecule has 0 aliphatic rings. The van der Waals surface area contributed by atoms with Gasteiger partial charge in [0.05, 0.1) is 11.6 Å². The number of rotatable bonds is 4. The van der Waals surface area contributed by atoms with Gasteiger partial charge in [0.25, 0.3) is 0 Å². The fraction of sp³-hybridized carbons (Fsp3) is 0.200.